The van der Waals surface area contributed by atoms with Gasteiger partial charge in [0.15, 0.2) is 0 Å². The van der Waals surface area contributed by atoms with Gasteiger partial charge in [0.2, 0.25) is 0 Å². The van der Waals surface area contributed by atoms with Crippen molar-refractivity contribution in [2.45, 2.75) is 58.0 Å². The SMILES string of the molecule is CCC(C)CN(C)CCC(C)(CO)NC1CC1. The summed E-state index contributed by atoms with van der Waals surface area (Å²) in [6.07, 6.45) is 4.81. The summed E-state index contributed by atoms with van der Waals surface area (Å²) in [7, 11) is 2.18. The van der Waals surface area contributed by atoms with Gasteiger partial charge in [-0.3, -0.25) is 0 Å². The van der Waals surface area contributed by atoms with Gasteiger partial charge in [0.05, 0.1) is 6.61 Å². The van der Waals surface area contributed by atoms with E-state index in [1.807, 2.05) is 0 Å². The van der Waals surface area contributed by atoms with Gasteiger partial charge in [0.1, 0.15) is 0 Å². The third kappa shape index (κ3) is 5.84. The van der Waals surface area contributed by atoms with Gasteiger partial charge < -0.3 is 15.3 Å². The van der Waals surface area contributed by atoms with Crippen molar-refractivity contribution in [3.8, 4) is 0 Å². The maximum absolute atomic E-state index is 9.52. The molecule has 0 spiro atoms. The van der Waals surface area contributed by atoms with E-state index in [0.717, 1.165) is 25.4 Å². The first kappa shape index (κ1) is 14.9. The summed E-state index contributed by atoms with van der Waals surface area (Å²) in [5.74, 6) is 0.761. The Hall–Kier alpha value is -0.120. The first-order chi connectivity index (χ1) is 7.99. The van der Waals surface area contributed by atoms with E-state index in [2.05, 4.69) is 38.0 Å². The highest BCUT2D eigenvalue weighted by Crippen LogP contribution is 2.24. The molecule has 0 aromatic rings. The quantitative estimate of drug-likeness (QED) is 0.648. The molecule has 0 heterocycles. The van der Waals surface area contributed by atoms with Gasteiger partial charge in [-0.1, -0.05) is 20.3 Å². The normalized spacial score (nSPS) is 21.5. The number of aliphatic hydroxyl groups excluding tert-OH is 1. The zero-order valence-corrected chi connectivity index (χ0v) is 12.0. The fraction of sp³-hybridized carbons (Fsp3) is 1.00. The predicted molar refractivity (Wildman–Crippen MR) is 73.2 cm³/mol. The lowest BCUT2D eigenvalue weighted by Gasteiger charge is -2.31. The first-order valence-electron chi connectivity index (χ1n) is 7.06. The molecule has 17 heavy (non-hydrogen) atoms. The van der Waals surface area contributed by atoms with Crippen LogP contribution in [0.3, 0.4) is 0 Å². The van der Waals surface area contributed by atoms with Crippen molar-refractivity contribution in [1.29, 1.82) is 0 Å². The van der Waals surface area contributed by atoms with Gasteiger partial charge in [0, 0.05) is 18.1 Å². The monoisotopic (exact) mass is 242 g/mol. The van der Waals surface area contributed by atoms with E-state index in [-0.39, 0.29) is 12.1 Å². The summed E-state index contributed by atoms with van der Waals surface area (Å²) >= 11 is 0. The number of nitrogens with one attached hydrogen (secondary N) is 1. The summed E-state index contributed by atoms with van der Waals surface area (Å²) in [4.78, 5) is 2.39. The molecule has 1 aliphatic carbocycles. The molecular weight excluding hydrogens is 212 g/mol. The van der Waals surface area contributed by atoms with Crippen LogP contribution in [0, 0.1) is 5.92 Å². The van der Waals surface area contributed by atoms with Crippen LogP contribution in [0.5, 0.6) is 0 Å². The van der Waals surface area contributed by atoms with Gasteiger partial charge >= 0.3 is 0 Å². The van der Waals surface area contributed by atoms with Gasteiger partial charge in [-0.05, 0) is 45.7 Å². The van der Waals surface area contributed by atoms with Crippen molar-refractivity contribution in [3.63, 3.8) is 0 Å². The number of hydrogen-bond donors (Lipinski definition) is 2. The number of hydrogen-bond acceptors (Lipinski definition) is 3. The van der Waals surface area contributed by atoms with Crippen LogP contribution in [0.1, 0.15) is 46.5 Å². The standard InChI is InChI=1S/C14H30N2O/c1-5-12(2)10-16(4)9-8-14(3,11-17)15-13-6-7-13/h12-13,15,17H,5-11H2,1-4H3. The molecular formula is C14H30N2O. The van der Waals surface area contributed by atoms with Gasteiger partial charge in [0.25, 0.3) is 0 Å². The lowest BCUT2D eigenvalue weighted by Crippen LogP contribution is -2.49. The zero-order valence-electron chi connectivity index (χ0n) is 12.0. The molecule has 0 radical (unpaired) electrons. The highest BCUT2D eigenvalue weighted by atomic mass is 16.3. The minimum Gasteiger partial charge on any atom is -0.394 e. The maximum atomic E-state index is 9.52. The van der Waals surface area contributed by atoms with Crippen molar-refractivity contribution in [2.24, 2.45) is 5.92 Å². The molecule has 0 amide bonds. The minimum atomic E-state index is -0.0924. The van der Waals surface area contributed by atoms with Crippen molar-refractivity contribution in [1.82, 2.24) is 10.2 Å². The maximum Gasteiger partial charge on any atom is 0.0611 e. The van der Waals surface area contributed by atoms with Gasteiger partial charge in [-0.2, -0.15) is 0 Å². The summed E-state index contributed by atoms with van der Waals surface area (Å²) in [5.41, 5.74) is -0.0924. The average Bonchev–Trinajstić information content (AvgIpc) is 3.10. The molecule has 1 saturated carbocycles. The molecule has 2 atom stereocenters. The Kier molecular flexibility index (Phi) is 5.90. The van der Waals surface area contributed by atoms with Crippen molar-refractivity contribution in [3.05, 3.63) is 0 Å². The Morgan fingerprint density at radius 2 is 2.12 bits per heavy atom. The Bertz CT molecular complexity index is 218. The lowest BCUT2D eigenvalue weighted by atomic mass is 9.98. The predicted octanol–water partition coefficient (Wildman–Crippen LogP) is 1.86. The van der Waals surface area contributed by atoms with E-state index in [4.69, 9.17) is 0 Å². The molecule has 1 rings (SSSR count). The number of nitrogens with zero attached hydrogens (tertiary/aromatic N) is 1. The number of rotatable bonds is 9. The molecule has 0 aliphatic heterocycles. The van der Waals surface area contributed by atoms with Crippen LogP contribution >= 0.6 is 0 Å². The molecule has 2 unspecified atom stereocenters. The molecule has 3 nitrogen and oxygen atoms in total. The van der Waals surface area contributed by atoms with E-state index in [9.17, 15) is 5.11 Å². The lowest BCUT2D eigenvalue weighted by molar-refractivity contribution is 0.146. The van der Waals surface area contributed by atoms with Crippen LogP contribution in [-0.2, 0) is 0 Å². The Labute approximate surface area is 107 Å². The minimum absolute atomic E-state index is 0.0924. The molecule has 1 fully saturated rings. The van der Waals surface area contributed by atoms with Crippen molar-refractivity contribution in [2.75, 3.05) is 26.7 Å². The smallest absolute Gasteiger partial charge is 0.0611 e. The Morgan fingerprint density at radius 3 is 2.59 bits per heavy atom. The van der Waals surface area contributed by atoms with Crippen LogP contribution in [0.4, 0.5) is 0 Å². The molecule has 3 heteroatoms. The average molecular weight is 242 g/mol. The molecule has 0 aromatic carbocycles. The van der Waals surface area contributed by atoms with Crippen molar-refractivity contribution >= 4 is 0 Å². The highest BCUT2D eigenvalue weighted by Gasteiger charge is 2.31. The second-order valence-corrected chi connectivity index (χ2v) is 6.16. The van der Waals surface area contributed by atoms with E-state index in [1.54, 1.807) is 0 Å². The summed E-state index contributed by atoms with van der Waals surface area (Å²) in [6.45, 7) is 9.13. The second-order valence-electron chi connectivity index (χ2n) is 6.16. The Morgan fingerprint density at radius 1 is 1.47 bits per heavy atom. The van der Waals surface area contributed by atoms with Crippen LogP contribution < -0.4 is 5.32 Å². The van der Waals surface area contributed by atoms with E-state index in [0.29, 0.717) is 6.04 Å². The van der Waals surface area contributed by atoms with Crippen molar-refractivity contribution < 1.29 is 5.11 Å². The Balaban J connectivity index is 2.25. The third-order valence-corrected chi connectivity index (χ3v) is 3.84. The summed E-state index contributed by atoms with van der Waals surface area (Å²) in [5, 5.41) is 13.1. The third-order valence-electron chi connectivity index (χ3n) is 3.84. The van der Waals surface area contributed by atoms with E-state index >= 15 is 0 Å². The summed E-state index contributed by atoms with van der Waals surface area (Å²) < 4.78 is 0. The van der Waals surface area contributed by atoms with E-state index < -0.39 is 0 Å². The van der Waals surface area contributed by atoms with Gasteiger partial charge in [-0.15, -0.1) is 0 Å². The van der Waals surface area contributed by atoms with Crippen LogP contribution in [-0.4, -0.2) is 48.3 Å². The molecule has 102 valence electrons. The van der Waals surface area contributed by atoms with Crippen LogP contribution in [0.2, 0.25) is 0 Å². The van der Waals surface area contributed by atoms with Crippen LogP contribution in [0.15, 0.2) is 0 Å². The largest absolute Gasteiger partial charge is 0.394 e. The first-order valence-corrected chi connectivity index (χ1v) is 7.06. The number of aliphatic hydroxyl groups is 1. The molecule has 0 bridgehead atoms. The van der Waals surface area contributed by atoms with Gasteiger partial charge in [-0.25, -0.2) is 0 Å². The topological polar surface area (TPSA) is 35.5 Å². The highest BCUT2D eigenvalue weighted by molar-refractivity contribution is 4.92. The summed E-state index contributed by atoms with van der Waals surface area (Å²) in [6, 6.07) is 0.659. The molecule has 0 aromatic heterocycles. The second kappa shape index (κ2) is 6.72. The molecule has 0 saturated heterocycles. The van der Waals surface area contributed by atoms with Crippen LogP contribution in [0.25, 0.3) is 0 Å². The fourth-order valence-electron chi connectivity index (χ4n) is 2.11. The zero-order chi connectivity index (χ0) is 12.9. The molecule has 1 aliphatic rings. The fourth-order valence-corrected chi connectivity index (χ4v) is 2.11. The van der Waals surface area contributed by atoms with E-state index in [1.165, 1.54) is 19.3 Å². The molecule has 2 N–H and O–H groups in total.